The highest BCUT2D eigenvalue weighted by atomic mass is 16.3. The standard InChI is InChI=1S/C66H45NO/c1-3-12-46(13-4-1)48-22-24-49(25-23-48)51-32-38-60(39-33-51)67(62-42-36-54(37-43-62)58-31-30-47-14-7-8-17-56(47)44-58)61-40-34-52(35-41-61)50-26-28-53(29-27-50)57-18-11-19-59(45-57)66-65(55-15-5-2-6-16-55)63-20-9-10-21-64(63)68-66/h1-45H. The maximum Gasteiger partial charge on any atom is 0.143 e. The number of hydrogen-bond acceptors (Lipinski definition) is 2. The number of fused-ring (bicyclic) bond motifs is 2. The van der Waals surface area contributed by atoms with Crippen molar-refractivity contribution in [2.45, 2.75) is 0 Å². The minimum atomic E-state index is 0.885. The Bertz CT molecular complexity index is 3670. The van der Waals surface area contributed by atoms with E-state index in [4.69, 9.17) is 4.42 Å². The Kier molecular flexibility index (Phi) is 10.6. The van der Waals surface area contributed by atoms with Crippen LogP contribution < -0.4 is 4.90 Å². The molecule has 0 bridgehead atoms. The molecule has 0 unspecified atom stereocenters. The van der Waals surface area contributed by atoms with Gasteiger partial charge in [0.05, 0.1) is 0 Å². The highest BCUT2D eigenvalue weighted by molar-refractivity contribution is 6.02. The predicted octanol–water partition coefficient (Wildman–Crippen LogP) is 18.7. The fourth-order valence-corrected chi connectivity index (χ4v) is 9.55. The van der Waals surface area contributed by atoms with E-state index in [0.717, 1.165) is 72.7 Å². The Hall–Kier alpha value is -8.98. The van der Waals surface area contributed by atoms with Gasteiger partial charge >= 0.3 is 0 Å². The smallest absolute Gasteiger partial charge is 0.143 e. The van der Waals surface area contributed by atoms with E-state index in [0.29, 0.717) is 0 Å². The molecule has 0 fully saturated rings. The van der Waals surface area contributed by atoms with Crippen molar-refractivity contribution in [2.24, 2.45) is 0 Å². The Morgan fingerprint density at radius 1 is 0.235 bits per heavy atom. The van der Waals surface area contributed by atoms with Gasteiger partial charge in [0.15, 0.2) is 0 Å². The van der Waals surface area contributed by atoms with E-state index in [1.54, 1.807) is 0 Å². The molecule has 1 heterocycles. The summed E-state index contributed by atoms with van der Waals surface area (Å²) in [7, 11) is 0. The van der Waals surface area contributed by atoms with Gasteiger partial charge in [0.25, 0.3) is 0 Å². The van der Waals surface area contributed by atoms with E-state index in [9.17, 15) is 0 Å². The van der Waals surface area contributed by atoms with E-state index >= 15 is 0 Å². The number of furan rings is 1. The molecule has 0 aliphatic heterocycles. The average molecular weight is 868 g/mol. The van der Waals surface area contributed by atoms with Gasteiger partial charge in [-0.1, -0.05) is 218 Å². The molecule has 2 heteroatoms. The second kappa shape index (κ2) is 17.8. The summed E-state index contributed by atoms with van der Waals surface area (Å²) in [5.74, 6) is 0.885. The summed E-state index contributed by atoms with van der Waals surface area (Å²) in [5, 5.41) is 3.61. The molecule has 0 aliphatic carbocycles. The molecular weight excluding hydrogens is 823 g/mol. The minimum Gasteiger partial charge on any atom is -0.455 e. The highest BCUT2D eigenvalue weighted by Gasteiger charge is 2.19. The summed E-state index contributed by atoms with van der Waals surface area (Å²) in [6.45, 7) is 0. The first-order valence-electron chi connectivity index (χ1n) is 23.2. The molecule has 320 valence electrons. The number of para-hydroxylation sites is 1. The zero-order valence-corrected chi connectivity index (χ0v) is 37.3. The molecule has 0 radical (unpaired) electrons. The lowest BCUT2D eigenvalue weighted by Crippen LogP contribution is -2.09. The third kappa shape index (κ3) is 7.95. The van der Waals surface area contributed by atoms with Crippen LogP contribution in [-0.2, 0) is 0 Å². The van der Waals surface area contributed by atoms with Gasteiger partial charge < -0.3 is 9.32 Å². The maximum absolute atomic E-state index is 6.56. The van der Waals surface area contributed by atoms with Crippen LogP contribution in [0.1, 0.15) is 0 Å². The van der Waals surface area contributed by atoms with Crippen LogP contribution in [0.3, 0.4) is 0 Å². The summed E-state index contributed by atoms with van der Waals surface area (Å²) in [6, 6.07) is 97.8. The summed E-state index contributed by atoms with van der Waals surface area (Å²) < 4.78 is 6.56. The second-order valence-electron chi connectivity index (χ2n) is 17.3. The number of nitrogens with zero attached hydrogens (tertiary/aromatic N) is 1. The first kappa shape index (κ1) is 40.5. The van der Waals surface area contributed by atoms with Crippen LogP contribution in [-0.4, -0.2) is 0 Å². The van der Waals surface area contributed by atoms with E-state index in [2.05, 4.69) is 266 Å². The molecule has 0 saturated carbocycles. The SMILES string of the molecule is c1ccc(-c2ccc(-c3ccc(N(c4ccc(-c5ccc(-c6cccc(-c7oc8ccccc8c7-c7ccccc7)c6)cc5)cc4)c4ccc(-c5ccc6ccccc6c5)cc4)cc3)cc2)cc1. The quantitative estimate of drug-likeness (QED) is 0.136. The van der Waals surface area contributed by atoms with E-state index in [1.165, 1.54) is 44.2 Å². The van der Waals surface area contributed by atoms with Gasteiger partial charge in [0.2, 0.25) is 0 Å². The topological polar surface area (TPSA) is 16.4 Å². The van der Waals surface area contributed by atoms with Crippen molar-refractivity contribution in [1.82, 2.24) is 0 Å². The Morgan fingerprint density at radius 3 is 1.15 bits per heavy atom. The van der Waals surface area contributed by atoms with E-state index < -0.39 is 0 Å². The van der Waals surface area contributed by atoms with Crippen molar-refractivity contribution in [2.75, 3.05) is 4.90 Å². The number of hydrogen-bond donors (Lipinski definition) is 0. The molecule has 0 amide bonds. The molecule has 12 aromatic rings. The van der Waals surface area contributed by atoms with Crippen molar-refractivity contribution in [3.63, 3.8) is 0 Å². The summed E-state index contributed by atoms with van der Waals surface area (Å²) in [6.07, 6.45) is 0. The third-order valence-corrected chi connectivity index (χ3v) is 13.1. The average Bonchev–Trinajstić information content (AvgIpc) is 3.82. The van der Waals surface area contributed by atoms with Gasteiger partial charge in [-0.3, -0.25) is 0 Å². The van der Waals surface area contributed by atoms with Gasteiger partial charge in [-0.15, -0.1) is 0 Å². The maximum atomic E-state index is 6.56. The lowest BCUT2D eigenvalue weighted by Gasteiger charge is -2.26. The van der Waals surface area contributed by atoms with Crippen LogP contribution >= 0.6 is 0 Å². The molecule has 0 atom stereocenters. The summed E-state index contributed by atoms with van der Waals surface area (Å²) in [5.41, 5.74) is 19.3. The first-order chi connectivity index (χ1) is 33.7. The fraction of sp³-hybridized carbons (Fsp3) is 0. The van der Waals surface area contributed by atoms with Crippen molar-refractivity contribution in [3.8, 4) is 78.1 Å². The fourth-order valence-electron chi connectivity index (χ4n) is 9.55. The Labute approximate surface area is 397 Å². The Morgan fingerprint density at radius 2 is 0.603 bits per heavy atom. The normalized spacial score (nSPS) is 11.2. The summed E-state index contributed by atoms with van der Waals surface area (Å²) >= 11 is 0. The van der Waals surface area contributed by atoms with Gasteiger partial charge in [-0.25, -0.2) is 0 Å². The molecule has 2 nitrogen and oxygen atoms in total. The lowest BCUT2D eigenvalue weighted by molar-refractivity contribution is 0.632. The number of benzene rings is 11. The molecule has 0 aliphatic rings. The van der Waals surface area contributed by atoms with Crippen molar-refractivity contribution < 1.29 is 4.42 Å². The van der Waals surface area contributed by atoms with Crippen LogP contribution in [0.2, 0.25) is 0 Å². The van der Waals surface area contributed by atoms with E-state index in [1.807, 2.05) is 12.1 Å². The largest absolute Gasteiger partial charge is 0.455 e. The van der Waals surface area contributed by atoms with Crippen LogP contribution in [0.25, 0.3) is 99.8 Å². The monoisotopic (exact) mass is 867 g/mol. The Balaban J connectivity index is 0.839. The van der Waals surface area contributed by atoms with Crippen LogP contribution in [0.4, 0.5) is 17.1 Å². The van der Waals surface area contributed by atoms with Gasteiger partial charge in [0, 0.05) is 33.6 Å². The molecule has 11 aromatic carbocycles. The molecule has 0 N–H and O–H groups in total. The van der Waals surface area contributed by atoms with Crippen LogP contribution in [0.5, 0.6) is 0 Å². The molecule has 1 aromatic heterocycles. The van der Waals surface area contributed by atoms with Crippen molar-refractivity contribution in [1.29, 1.82) is 0 Å². The van der Waals surface area contributed by atoms with Gasteiger partial charge in [-0.2, -0.15) is 0 Å². The molecule has 68 heavy (non-hydrogen) atoms. The highest BCUT2D eigenvalue weighted by Crippen LogP contribution is 2.43. The zero-order chi connectivity index (χ0) is 45.2. The lowest BCUT2D eigenvalue weighted by atomic mass is 9.95. The van der Waals surface area contributed by atoms with Crippen molar-refractivity contribution >= 4 is 38.8 Å². The van der Waals surface area contributed by atoms with Gasteiger partial charge in [0.1, 0.15) is 11.3 Å². The molecule has 0 spiro atoms. The van der Waals surface area contributed by atoms with Crippen LogP contribution in [0, 0.1) is 0 Å². The molecule has 0 saturated heterocycles. The van der Waals surface area contributed by atoms with Crippen LogP contribution in [0.15, 0.2) is 277 Å². The third-order valence-electron chi connectivity index (χ3n) is 13.1. The molecular formula is C66H45NO. The number of anilines is 3. The van der Waals surface area contributed by atoms with Crippen molar-refractivity contribution in [3.05, 3.63) is 273 Å². The second-order valence-corrected chi connectivity index (χ2v) is 17.3. The van der Waals surface area contributed by atoms with Gasteiger partial charge in [-0.05, 0) is 127 Å². The molecule has 12 rings (SSSR count). The van der Waals surface area contributed by atoms with E-state index in [-0.39, 0.29) is 0 Å². The minimum absolute atomic E-state index is 0.885. The zero-order valence-electron chi connectivity index (χ0n) is 37.3. The number of rotatable bonds is 10. The predicted molar refractivity (Wildman–Crippen MR) is 286 cm³/mol. The summed E-state index contributed by atoms with van der Waals surface area (Å²) in [4.78, 5) is 2.34. The first-order valence-corrected chi connectivity index (χ1v) is 23.2.